The number of Topliss-reactive ketones (excluding diaryl/α,β-unsaturated/α-hetero) is 1. The maximum atomic E-state index is 13.6. The number of nitrogens with zero attached hydrogens (tertiary/aromatic N) is 2. The molecule has 2 unspecified atom stereocenters. The largest absolute Gasteiger partial charge is 0.300 e. The van der Waals surface area contributed by atoms with Gasteiger partial charge in [0.05, 0.1) is 11.6 Å². The molecule has 2 aliphatic rings. The third kappa shape index (κ3) is 4.44. The van der Waals surface area contributed by atoms with Crippen molar-refractivity contribution in [1.29, 1.82) is 0 Å². The van der Waals surface area contributed by atoms with E-state index in [1.54, 1.807) is 0 Å². The summed E-state index contributed by atoms with van der Waals surface area (Å²) in [7, 11) is -0.464. The van der Waals surface area contributed by atoms with Crippen molar-refractivity contribution < 1.29 is 14.4 Å². The second kappa shape index (κ2) is 9.58. The molecule has 3 atom stereocenters. The van der Waals surface area contributed by atoms with E-state index >= 15 is 0 Å². The van der Waals surface area contributed by atoms with Gasteiger partial charge >= 0.3 is 0 Å². The zero-order valence-corrected chi connectivity index (χ0v) is 20.5. The van der Waals surface area contributed by atoms with Crippen LogP contribution >= 0.6 is 0 Å². The van der Waals surface area contributed by atoms with Gasteiger partial charge in [0, 0.05) is 22.6 Å². The molecule has 2 amide bonds. The minimum absolute atomic E-state index is 0.00302. The Morgan fingerprint density at radius 3 is 2.51 bits per heavy atom. The summed E-state index contributed by atoms with van der Waals surface area (Å²) in [5.41, 5.74) is 7.43. The Bertz CT molecular complexity index is 1370. The molecule has 178 valence electrons. The first-order valence-corrected chi connectivity index (χ1v) is 13.1. The third-order valence-electron chi connectivity index (χ3n) is 6.50. The van der Waals surface area contributed by atoms with Crippen molar-refractivity contribution in [3.63, 3.8) is 0 Å². The molecule has 3 aromatic carbocycles. The highest BCUT2D eigenvalue weighted by Gasteiger charge is 2.34. The molecule has 0 saturated heterocycles. The number of ketones is 1. The van der Waals surface area contributed by atoms with Gasteiger partial charge in [0.25, 0.3) is 11.8 Å². The van der Waals surface area contributed by atoms with E-state index in [4.69, 9.17) is 4.36 Å². The summed E-state index contributed by atoms with van der Waals surface area (Å²) in [5.74, 6) is -0.415. The molecule has 0 fully saturated rings. The smallest absolute Gasteiger partial charge is 0.264 e. The van der Waals surface area contributed by atoms with Crippen LogP contribution < -0.4 is 10.4 Å². The summed E-state index contributed by atoms with van der Waals surface area (Å²) in [6.45, 7) is 3.31. The predicted molar refractivity (Wildman–Crippen MR) is 138 cm³/mol. The zero-order valence-electron chi connectivity index (χ0n) is 19.7. The molecule has 7 heteroatoms. The molecule has 35 heavy (non-hydrogen) atoms. The number of benzene rings is 3. The lowest BCUT2D eigenvalue weighted by Gasteiger charge is -2.26. The second-order valence-electron chi connectivity index (χ2n) is 8.93. The number of carbonyl (C=O) groups is 3. The molecule has 3 aromatic rings. The summed E-state index contributed by atoms with van der Waals surface area (Å²) in [5, 5.41) is 1.34. The molecule has 2 heterocycles. The van der Waals surface area contributed by atoms with Gasteiger partial charge in [-0.25, -0.2) is 9.37 Å². The zero-order chi connectivity index (χ0) is 24.5. The van der Waals surface area contributed by atoms with Crippen molar-refractivity contribution in [1.82, 2.24) is 5.43 Å². The van der Waals surface area contributed by atoms with Crippen molar-refractivity contribution in [2.45, 2.75) is 43.5 Å². The summed E-state index contributed by atoms with van der Waals surface area (Å²) >= 11 is 0. The number of rotatable bonds is 5. The van der Waals surface area contributed by atoms with Crippen LogP contribution in [0.1, 0.15) is 37.3 Å². The van der Waals surface area contributed by atoms with Crippen LogP contribution in [0.25, 0.3) is 11.1 Å². The second-order valence-corrected chi connectivity index (χ2v) is 10.7. The first-order chi connectivity index (χ1) is 16.9. The van der Waals surface area contributed by atoms with E-state index in [1.807, 2.05) is 73.7 Å². The summed E-state index contributed by atoms with van der Waals surface area (Å²) in [6.07, 6.45) is 0.905. The minimum atomic E-state index is -0.872. The molecule has 6 nitrogen and oxygen atoms in total. The summed E-state index contributed by atoms with van der Waals surface area (Å²) < 4.78 is 4.84. The van der Waals surface area contributed by atoms with E-state index in [1.165, 1.54) is 17.5 Å². The van der Waals surface area contributed by atoms with Crippen LogP contribution in [-0.2, 0) is 31.5 Å². The molecule has 2 aliphatic heterocycles. The van der Waals surface area contributed by atoms with Gasteiger partial charge in [0.15, 0.2) is 0 Å². The van der Waals surface area contributed by atoms with Crippen molar-refractivity contribution in [3.8, 4) is 11.1 Å². The highest BCUT2D eigenvalue weighted by molar-refractivity contribution is 7.87. The molecule has 5 rings (SSSR count). The standard InChI is InChI=1S/C28H27N3O3S/c1-18(32)17-24(30-35-16-15-20-9-3-8-14-26(20)35)27(33)29-31-25-13-7-6-12-23(25)22-11-5-4-10-21(22)19(2)28(31)34/h3-14,19,24H,15-17H2,1-2H3,(H,29,33)/t19?,24-,35?/m0/s1. The van der Waals surface area contributed by atoms with E-state index in [9.17, 15) is 14.4 Å². The lowest BCUT2D eigenvalue weighted by Crippen LogP contribution is -2.51. The van der Waals surface area contributed by atoms with E-state index in [2.05, 4.69) is 11.5 Å². The third-order valence-corrected chi connectivity index (χ3v) is 8.51. The topological polar surface area (TPSA) is 78.8 Å². The monoisotopic (exact) mass is 485 g/mol. The van der Waals surface area contributed by atoms with Crippen molar-refractivity contribution in [2.24, 2.45) is 4.36 Å². The van der Waals surface area contributed by atoms with Gasteiger partial charge in [-0.05, 0) is 49.1 Å². The van der Waals surface area contributed by atoms with Crippen LogP contribution in [0.4, 0.5) is 5.69 Å². The van der Waals surface area contributed by atoms with Crippen LogP contribution in [-0.4, -0.2) is 29.4 Å². The Hall–Kier alpha value is -3.58. The molecule has 0 aliphatic carbocycles. The molecule has 1 N–H and O–H groups in total. The lowest BCUT2D eigenvalue weighted by atomic mass is 9.92. The van der Waals surface area contributed by atoms with Gasteiger partial charge < -0.3 is 0 Å². The number of para-hydroxylation sites is 1. The van der Waals surface area contributed by atoms with E-state index in [0.717, 1.165) is 33.8 Å². The van der Waals surface area contributed by atoms with E-state index in [-0.39, 0.29) is 18.1 Å². The molecule has 0 saturated carbocycles. The Labute approximate surface area is 207 Å². The molecule has 0 radical (unpaired) electrons. The number of carbonyl (C=O) groups excluding carboxylic acids is 3. The van der Waals surface area contributed by atoms with Gasteiger partial charge in [-0.2, -0.15) is 0 Å². The van der Waals surface area contributed by atoms with Gasteiger partial charge in [-0.15, -0.1) is 0 Å². The maximum absolute atomic E-state index is 13.6. The Morgan fingerprint density at radius 2 is 1.71 bits per heavy atom. The summed E-state index contributed by atoms with van der Waals surface area (Å²) in [6, 6.07) is 22.6. The quantitative estimate of drug-likeness (QED) is 0.574. The lowest BCUT2D eigenvalue weighted by molar-refractivity contribution is -0.128. The Morgan fingerprint density at radius 1 is 1.03 bits per heavy atom. The number of hydrogen-bond acceptors (Lipinski definition) is 4. The van der Waals surface area contributed by atoms with Crippen LogP contribution in [0.15, 0.2) is 82.1 Å². The van der Waals surface area contributed by atoms with Crippen molar-refractivity contribution in [3.05, 3.63) is 83.9 Å². The number of fused-ring (bicyclic) bond motifs is 4. The van der Waals surface area contributed by atoms with Gasteiger partial charge in [-0.1, -0.05) is 71.4 Å². The number of amides is 2. The number of hydrogen-bond donors (Lipinski definition) is 1. The molecule has 0 spiro atoms. The van der Waals surface area contributed by atoms with Crippen LogP contribution in [0.5, 0.6) is 0 Å². The van der Waals surface area contributed by atoms with Crippen LogP contribution in [0, 0.1) is 0 Å². The predicted octanol–water partition coefficient (Wildman–Crippen LogP) is 4.60. The SMILES string of the molecule is CC(=O)C[C@H](N=S1CCc2ccccc21)C(=O)NN1C(=O)C(C)c2ccccc2-c2ccccc21. The molecule has 0 aromatic heterocycles. The van der Waals surface area contributed by atoms with Crippen molar-refractivity contribution in [2.75, 3.05) is 10.8 Å². The van der Waals surface area contributed by atoms with Gasteiger partial charge in [0.1, 0.15) is 11.8 Å². The maximum Gasteiger partial charge on any atom is 0.264 e. The molecule has 0 bridgehead atoms. The highest BCUT2D eigenvalue weighted by atomic mass is 32.2. The number of nitrogens with one attached hydrogen (secondary N) is 1. The fourth-order valence-corrected chi connectivity index (χ4v) is 6.77. The molecular formula is C28H27N3O3S. The first-order valence-electron chi connectivity index (χ1n) is 11.8. The normalized spacial score (nSPS) is 19.4. The average Bonchev–Trinajstić information content (AvgIpc) is 3.25. The molecular weight excluding hydrogens is 458 g/mol. The highest BCUT2D eigenvalue weighted by Crippen LogP contribution is 2.40. The first kappa shape index (κ1) is 23.2. The van der Waals surface area contributed by atoms with Crippen LogP contribution in [0.2, 0.25) is 0 Å². The van der Waals surface area contributed by atoms with E-state index < -0.39 is 28.6 Å². The van der Waals surface area contributed by atoms with Crippen LogP contribution in [0.3, 0.4) is 0 Å². The number of anilines is 1. The van der Waals surface area contributed by atoms with Gasteiger partial charge in [-0.3, -0.25) is 19.8 Å². The minimum Gasteiger partial charge on any atom is -0.300 e. The number of aryl methyl sites for hydroxylation is 1. The summed E-state index contributed by atoms with van der Waals surface area (Å²) in [4.78, 5) is 40.3. The fraction of sp³-hybridized carbons (Fsp3) is 0.250. The van der Waals surface area contributed by atoms with Crippen molar-refractivity contribution >= 4 is 34.0 Å². The Balaban J connectivity index is 1.50. The van der Waals surface area contributed by atoms with E-state index in [0.29, 0.717) is 5.69 Å². The number of hydrazine groups is 1. The van der Waals surface area contributed by atoms with Gasteiger partial charge in [0.2, 0.25) is 0 Å². The average molecular weight is 486 g/mol. The Kier molecular flexibility index (Phi) is 6.34. The fourth-order valence-electron chi connectivity index (χ4n) is 4.73.